The highest BCUT2D eigenvalue weighted by Gasteiger charge is 2.20. The van der Waals surface area contributed by atoms with Gasteiger partial charge < -0.3 is 15.7 Å². The molecule has 0 saturated carbocycles. The van der Waals surface area contributed by atoms with Crippen molar-refractivity contribution in [3.8, 4) is 22.4 Å². The van der Waals surface area contributed by atoms with Crippen LogP contribution in [0.4, 0.5) is 5.82 Å². The SMILES string of the molecule is NCc1ccc(-c2nc3nc(N4CCCC(O)C4)cnc3cc2-c2ccccc2)cc1. The number of aliphatic hydroxyl groups excluding tert-OH is 1. The standard InChI is InChI=1S/C25H25N5O/c26-14-17-8-10-19(11-9-17)24-21(18-5-2-1-3-6-18)13-22-25(29-24)28-23(15-27-22)30-12-4-7-20(31)16-30/h1-3,5-6,8-11,13,15,20,31H,4,7,12,14,16,26H2. The number of nitrogens with two attached hydrogens (primary N) is 1. The van der Waals surface area contributed by atoms with E-state index < -0.39 is 0 Å². The fourth-order valence-electron chi connectivity index (χ4n) is 4.11. The Balaban J connectivity index is 1.65. The minimum atomic E-state index is -0.323. The largest absolute Gasteiger partial charge is 0.391 e. The third kappa shape index (κ3) is 4.00. The van der Waals surface area contributed by atoms with Gasteiger partial charge in [0.05, 0.1) is 18.0 Å². The number of piperidine rings is 1. The van der Waals surface area contributed by atoms with Gasteiger partial charge in [0, 0.05) is 30.8 Å². The molecule has 0 radical (unpaired) electrons. The monoisotopic (exact) mass is 411 g/mol. The number of nitrogens with zero attached hydrogens (tertiary/aromatic N) is 4. The first-order valence-electron chi connectivity index (χ1n) is 10.7. The van der Waals surface area contributed by atoms with Crippen LogP contribution in [0, 0.1) is 0 Å². The van der Waals surface area contributed by atoms with E-state index in [0.717, 1.165) is 58.7 Å². The number of aliphatic hydroxyl groups is 1. The van der Waals surface area contributed by atoms with E-state index in [-0.39, 0.29) is 6.10 Å². The Labute approximate surface area is 181 Å². The second-order valence-electron chi connectivity index (χ2n) is 7.96. The van der Waals surface area contributed by atoms with E-state index in [0.29, 0.717) is 18.7 Å². The summed E-state index contributed by atoms with van der Waals surface area (Å²) in [5, 5.41) is 10.0. The number of hydrogen-bond donors (Lipinski definition) is 2. The first-order chi connectivity index (χ1) is 15.2. The molecule has 1 aliphatic rings. The molecule has 3 N–H and O–H groups in total. The van der Waals surface area contributed by atoms with Crippen LogP contribution in [0.2, 0.25) is 0 Å². The Morgan fingerprint density at radius 2 is 1.81 bits per heavy atom. The van der Waals surface area contributed by atoms with Crippen molar-refractivity contribution < 1.29 is 5.11 Å². The van der Waals surface area contributed by atoms with Crippen molar-refractivity contribution in [3.63, 3.8) is 0 Å². The summed E-state index contributed by atoms with van der Waals surface area (Å²) in [5.74, 6) is 0.760. The maximum absolute atomic E-state index is 10.0. The fourth-order valence-corrected chi connectivity index (χ4v) is 4.11. The summed E-state index contributed by atoms with van der Waals surface area (Å²) in [6.07, 6.45) is 3.24. The lowest BCUT2D eigenvalue weighted by molar-refractivity contribution is 0.154. The van der Waals surface area contributed by atoms with Gasteiger partial charge in [0.25, 0.3) is 0 Å². The molecule has 0 aliphatic carbocycles. The van der Waals surface area contributed by atoms with E-state index in [1.165, 1.54) is 0 Å². The molecule has 1 aliphatic heterocycles. The maximum atomic E-state index is 10.0. The predicted molar refractivity (Wildman–Crippen MR) is 124 cm³/mol. The smallest absolute Gasteiger partial charge is 0.180 e. The topological polar surface area (TPSA) is 88.2 Å². The molecular weight excluding hydrogens is 386 g/mol. The molecule has 1 saturated heterocycles. The fraction of sp³-hybridized carbons (Fsp3) is 0.240. The quantitative estimate of drug-likeness (QED) is 0.531. The van der Waals surface area contributed by atoms with E-state index in [9.17, 15) is 5.11 Å². The van der Waals surface area contributed by atoms with Gasteiger partial charge in [-0.3, -0.25) is 0 Å². The van der Waals surface area contributed by atoms with Gasteiger partial charge in [-0.1, -0.05) is 54.6 Å². The normalized spacial score (nSPS) is 16.6. The molecule has 4 aromatic rings. The van der Waals surface area contributed by atoms with Crippen molar-refractivity contribution in [2.75, 3.05) is 18.0 Å². The van der Waals surface area contributed by atoms with Gasteiger partial charge in [-0.05, 0) is 30.0 Å². The number of β-amino-alcohol motifs (C(OH)–C–C–N with tert-alkyl or cyclic N) is 1. The third-order valence-corrected chi connectivity index (χ3v) is 5.79. The zero-order valence-electron chi connectivity index (χ0n) is 17.3. The molecule has 2 aromatic carbocycles. The minimum Gasteiger partial charge on any atom is -0.391 e. The highest BCUT2D eigenvalue weighted by Crippen LogP contribution is 2.33. The molecule has 31 heavy (non-hydrogen) atoms. The van der Waals surface area contributed by atoms with E-state index >= 15 is 0 Å². The average Bonchev–Trinajstić information content (AvgIpc) is 2.83. The van der Waals surface area contributed by atoms with Crippen LogP contribution in [0.3, 0.4) is 0 Å². The molecule has 156 valence electrons. The van der Waals surface area contributed by atoms with Gasteiger partial charge in [0.15, 0.2) is 5.65 Å². The first kappa shape index (κ1) is 19.6. The van der Waals surface area contributed by atoms with Crippen LogP contribution in [0.5, 0.6) is 0 Å². The molecule has 3 heterocycles. The van der Waals surface area contributed by atoms with Crippen molar-refractivity contribution in [3.05, 3.63) is 72.4 Å². The second-order valence-corrected chi connectivity index (χ2v) is 7.96. The van der Waals surface area contributed by atoms with Gasteiger partial charge in [-0.25, -0.2) is 15.0 Å². The van der Waals surface area contributed by atoms with Crippen LogP contribution in [-0.4, -0.2) is 39.3 Å². The van der Waals surface area contributed by atoms with E-state index in [1.54, 1.807) is 6.20 Å². The average molecular weight is 412 g/mol. The van der Waals surface area contributed by atoms with Gasteiger partial charge in [-0.15, -0.1) is 0 Å². The Hall–Kier alpha value is -3.35. The Morgan fingerprint density at radius 3 is 2.55 bits per heavy atom. The molecule has 5 rings (SSSR count). The number of anilines is 1. The lowest BCUT2D eigenvalue weighted by Gasteiger charge is -2.30. The summed E-state index contributed by atoms with van der Waals surface area (Å²) in [6, 6.07) is 20.5. The summed E-state index contributed by atoms with van der Waals surface area (Å²) >= 11 is 0. The third-order valence-electron chi connectivity index (χ3n) is 5.79. The number of fused-ring (bicyclic) bond motifs is 1. The maximum Gasteiger partial charge on any atom is 0.180 e. The van der Waals surface area contributed by atoms with Gasteiger partial charge >= 0.3 is 0 Å². The molecule has 1 unspecified atom stereocenters. The van der Waals surface area contributed by atoms with Gasteiger partial charge in [0.2, 0.25) is 0 Å². The van der Waals surface area contributed by atoms with Crippen molar-refractivity contribution in [1.29, 1.82) is 0 Å². The van der Waals surface area contributed by atoms with Crippen molar-refractivity contribution in [2.24, 2.45) is 5.73 Å². The zero-order chi connectivity index (χ0) is 21.2. The number of benzene rings is 2. The number of rotatable bonds is 4. The molecule has 1 atom stereocenters. The molecule has 0 bridgehead atoms. The van der Waals surface area contributed by atoms with Crippen LogP contribution in [0.25, 0.3) is 33.5 Å². The first-order valence-corrected chi connectivity index (χ1v) is 10.7. The Morgan fingerprint density at radius 1 is 1.00 bits per heavy atom. The van der Waals surface area contributed by atoms with Gasteiger partial charge in [-0.2, -0.15) is 0 Å². The van der Waals surface area contributed by atoms with Crippen LogP contribution >= 0.6 is 0 Å². The van der Waals surface area contributed by atoms with Crippen LogP contribution in [0.1, 0.15) is 18.4 Å². The summed E-state index contributed by atoms with van der Waals surface area (Å²) in [6.45, 7) is 1.95. The van der Waals surface area contributed by atoms with Crippen molar-refractivity contribution >= 4 is 17.0 Å². The second kappa shape index (κ2) is 8.41. The lowest BCUT2D eigenvalue weighted by Crippen LogP contribution is -2.38. The van der Waals surface area contributed by atoms with Crippen LogP contribution in [-0.2, 0) is 6.54 Å². The predicted octanol–water partition coefficient (Wildman–Crippen LogP) is 3.78. The number of pyridine rings is 1. The molecule has 1 fully saturated rings. The minimum absolute atomic E-state index is 0.323. The summed E-state index contributed by atoms with van der Waals surface area (Å²) in [5.41, 5.74) is 12.2. The van der Waals surface area contributed by atoms with Gasteiger partial charge in [0.1, 0.15) is 11.3 Å². The van der Waals surface area contributed by atoms with Crippen molar-refractivity contribution in [1.82, 2.24) is 15.0 Å². The van der Waals surface area contributed by atoms with E-state index in [4.69, 9.17) is 15.7 Å². The number of aromatic nitrogens is 3. The molecule has 6 heteroatoms. The Kier molecular flexibility index (Phi) is 5.32. The zero-order valence-corrected chi connectivity index (χ0v) is 17.3. The van der Waals surface area contributed by atoms with Crippen LogP contribution < -0.4 is 10.6 Å². The van der Waals surface area contributed by atoms with E-state index in [2.05, 4.69) is 40.2 Å². The molecule has 0 spiro atoms. The highest BCUT2D eigenvalue weighted by molar-refractivity contribution is 5.88. The summed E-state index contributed by atoms with van der Waals surface area (Å²) < 4.78 is 0. The summed E-state index contributed by atoms with van der Waals surface area (Å²) in [4.78, 5) is 16.5. The molecule has 0 amide bonds. The number of hydrogen-bond acceptors (Lipinski definition) is 6. The van der Waals surface area contributed by atoms with Crippen molar-refractivity contribution in [2.45, 2.75) is 25.5 Å². The Bertz CT molecular complexity index is 1190. The molecule has 6 nitrogen and oxygen atoms in total. The molecule has 2 aromatic heterocycles. The summed E-state index contributed by atoms with van der Waals surface area (Å²) in [7, 11) is 0. The lowest BCUT2D eigenvalue weighted by atomic mass is 9.98. The highest BCUT2D eigenvalue weighted by atomic mass is 16.3. The van der Waals surface area contributed by atoms with Crippen LogP contribution in [0.15, 0.2) is 66.9 Å². The molecular formula is C25H25N5O. The van der Waals surface area contributed by atoms with E-state index in [1.807, 2.05) is 30.3 Å².